The number of aryl methyl sites for hydroxylation is 1. The molecule has 0 spiro atoms. The van der Waals surface area contributed by atoms with Crippen molar-refractivity contribution in [3.63, 3.8) is 0 Å². The summed E-state index contributed by atoms with van der Waals surface area (Å²) >= 11 is 0. The topological polar surface area (TPSA) is 64.2 Å². The quantitative estimate of drug-likeness (QED) is 0.880. The first kappa shape index (κ1) is 12.9. The summed E-state index contributed by atoms with van der Waals surface area (Å²) < 4.78 is 1.71. The number of anilines is 1. The molecule has 1 aromatic heterocycles. The Morgan fingerprint density at radius 1 is 1.50 bits per heavy atom. The average molecular weight is 250 g/mol. The van der Waals surface area contributed by atoms with E-state index in [1.165, 1.54) is 0 Å². The standard InChI is InChI=1S/C13H22N4O/c1-4-11-5-6-16(7-11)12(18)8-17-10(3)13(14)9(2)15-17/h11H,4-8,14H2,1-3H3. The number of nitrogens with two attached hydrogens (primary N) is 1. The minimum atomic E-state index is 0.150. The Kier molecular flexibility index (Phi) is 3.59. The van der Waals surface area contributed by atoms with Gasteiger partial charge in [-0.15, -0.1) is 0 Å². The molecule has 5 nitrogen and oxygen atoms in total. The molecule has 18 heavy (non-hydrogen) atoms. The summed E-state index contributed by atoms with van der Waals surface area (Å²) in [6, 6.07) is 0. The van der Waals surface area contributed by atoms with E-state index in [2.05, 4.69) is 12.0 Å². The molecule has 0 saturated carbocycles. The van der Waals surface area contributed by atoms with Gasteiger partial charge in [0.15, 0.2) is 0 Å². The molecule has 1 saturated heterocycles. The highest BCUT2D eigenvalue weighted by atomic mass is 16.2. The molecule has 1 aliphatic rings. The number of amides is 1. The maximum Gasteiger partial charge on any atom is 0.244 e. The van der Waals surface area contributed by atoms with Crippen molar-refractivity contribution >= 4 is 11.6 Å². The van der Waals surface area contributed by atoms with Gasteiger partial charge in [-0.25, -0.2) is 0 Å². The zero-order valence-corrected chi connectivity index (χ0v) is 11.4. The number of aromatic nitrogens is 2. The molecule has 1 aliphatic heterocycles. The first-order chi connectivity index (χ1) is 8.52. The van der Waals surface area contributed by atoms with Gasteiger partial charge < -0.3 is 10.6 Å². The molecule has 1 atom stereocenters. The van der Waals surface area contributed by atoms with E-state index in [0.717, 1.165) is 37.3 Å². The lowest BCUT2D eigenvalue weighted by Crippen LogP contribution is -2.32. The minimum absolute atomic E-state index is 0.150. The summed E-state index contributed by atoms with van der Waals surface area (Å²) in [7, 11) is 0. The summed E-state index contributed by atoms with van der Waals surface area (Å²) in [6.07, 6.45) is 2.28. The van der Waals surface area contributed by atoms with Gasteiger partial charge in [0.25, 0.3) is 0 Å². The fraction of sp³-hybridized carbons (Fsp3) is 0.692. The van der Waals surface area contributed by atoms with Crippen LogP contribution in [0.3, 0.4) is 0 Å². The summed E-state index contributed by atoms with van der Waals surface area (Å²) in [5.74, 6) is 0.816. The third-order valence-corrected chi connectivity index (χ3v) is 3.94. The number of rotatable bonds is 3. The second kappa shape index (κ2) is 5.00. The Labute approximate surface area is 108 Å². The van der Waals surface area contributed by atoms with E-state index < -0.39 is 0 Å². The van der Waals surface area contributed by atoms with Crippen molar-refractivity contribution in [3.8, 4) is 0 Å². The maximum absolute atomic E-state index is 12.2. The highest BCUT2D eigenvalue weighted by molar-refractivity contribution is 5.76. The van der Waals surface area contributed by atoms with Crippen LogP contribution in [0.25, 0.3) is 0 Å². The molecule has 2 heterocycles. The third-order valence-electron chi connectivity index (χ3n) is 3.94. The predicted molar refractivity (Wildman–Crippen MR) is 71.1 cm³/mol. The Balaban J connectivity index is 2.01. The molecule has 0 aromatic carbocycles. The van der Waals surface area contributed by atoms with Crippen molar-refractivity contribution < 1.29 is 4.79 Å². The van der Waals surface area contributed by atoms with E-state index in [0.29, 0.717) is 18.2 Å². The largest absolute Gasteiger partial charge is 0.396 e. The van der Waals surface area contributed by atoms with Gasteiger partial charge in [-0.1, -0.05) is 13.3 Å². The maximum atomic E-state index is 12.2. The first-order valence-electron chi connectivity index (χ1n) is 6.60. The molecule has 0 radical (unpaired) electrons. The van der Waals surface area contributed by atoms with Crippen LogP contribution in [0.2, 0.25) is 0 Å². The highest BCUT2D eigenvalue weighted by Gasteiger charge is 2.25. The number of nitrogen functional groups attached to an aromatic ring is 1. The second-order valence-electron chi connectivity index (χ2n) is 5.14. The van der Waals surface area contributed by atoms with Crippen molar-refractivity contribution in [1.82, 2.24) is 14.7 Å². The molecule has 1 amide bonds. The number of nitrogens with zero attached hydrogens (tertiary/aromatic N) is 3. The van der Waals surface area contributed by atoms with E-state index in [1.807, 2.05) is 18.7 Å². The highest BCUT2D eigenvalue weighted by Crippen LogP contribution is 2.20. The van der Waals surface area contributed by atoms with Gasteiger partial charge >= 0.3 is 0 Å². The summed E-state index contributed by atoms with van der Waals surface area (Å²) in [6.45, 7) is 8.03. The Hall–Kier alpha value is -1.52. The third kappa shape index (κ3) is 2.35. The van der Waals surface area contributed by atoms with Gasteiger partial charge in [0.2, 0.25) is 5.91 Å². The molecule has 100 valence electrons. The van der Waals surface area contributed by atoms with Gasteiger partial charge in [-0.3, -0.25) is 9.48 Å². The van der Waals surface area contributed by atoms with Crippen LogP contribution in [0.5, 0.6) is 0 Å². The van der Waals surface area contributed by atoms with E-state index >= 15 is 0 Å². The van der Waals surface area contributed by atoms with Crippen LogP contribution in [0.15, 0.2) is 0 Å². The molecule has 5 heteroatoms. The van der Waals surface area contributed by atoms with E-state index in [-0.39, 0.29) is 5.91 Å². The van der Waals surface area contributed by atoms with E-state index in [1.54, 1.807) is 4.68 Å². The second-order valence-corrected chi connectivity index (χ2v) is 5.14. The van der Waals surface area contributed by atoms with Crippen LogP contribution in [-0.2, 0) is 11.3 Å². The lowest BCUT2D eigenvalue weighted by atomic mass is 10.1. The van der Waals surface area contributed by atoms with Crippen molar-refractivity contribution in [2.24, 2.45) is 5.92 Å². The first-order valence-corrected chi connectivity index (χ1v) is 6.60. The molecule has 2 N–H and O–H groups in total. The SMILES string of the molecule is CCC1CCN(C(=O)Cn2nc(C)c(N)c2C)C1. The van der Waals surface area contributed by atoms with Crippen LogP contribution >= 0.6 is 0 Å². The van der Waals surface area contributed by atoms with Gasteiger partial charge in [0, 0.05) is 13.1 Å². The molecule has 1 unspecified atom stereocenters. The Morgan fingerprint density at radius 3 is 2.72 bits per heavy atom. The molecule has 1 aromatic rings. The number of carbonyl (C=O) groups excluding carboxylic acids is 1. The lowest BCUT2D eigenvalue weighted by Gasteiger charge is -2.16. The lowest BCUT2D eigenvalue weighted by molar-refractivity contribution is -0.131. The van der Waals surface area contributed by atoms with Gasteiger partial charge in [0.05, 0.1) is 17.1 Å². The minimum Gasteiger partial charge on any atom is -0.396 e. The average Bonchev–Trinajstić information content (AvgIpc) is 2.92. The van der Waals surface area contributed by atoms with Crippen LogP contribution in [0.1, 0.15) is 31.2 Å². The predicted octanol–water partition coefficient (Wildman–Crippen LogP) is 1.34. The van der Waals surface area contributed by atoms with Crippen LogP contribution in [0, 0.1) is 19.8 Å². The van der Waals surface area contributed by atoms with E-state index in [9.17, 15) is 4.79 Å². The van der Waals surface area contributed by atoms with Crippen LogP contribution < -0.4 is 5.73 Å². The molecule has 0 aliphatic carbocycles. The van der Waals surface area contributed by atoms with Crippen molar-refractivity contribution in [3.05, 3.63) is 11.4 Å². The summed E-state index contributed by atoms with van der Waals surface area (Å²) in [4.78, 5) is 14.1. The summed E-state index contributed by atoms with van der Waals surface area (Å²) in [5, 5.41) is 4.30. The number of likely N-dealkylation sites (tertiary alicyclic amines) is 1. The molecular weight excluding hydrogens is 228 g/mol. The number of hydrogen-bond donors (Lipinski definition) is 1. The molecule has 1 fully saturated rings. The number of hydrogen-bond acceptors (Lipinski definition) is 3. The van der Waals surface area contributed by atoms with Gasteiger partial charge in [-0.05, 0) is 26.2 Å². The smallest absolute Gasteiger partial charge is 0.244 e. The fourth-order valence-electron chi connectivity index (χ4n) is 2.49. The van der Waals surface area contributed by atoms with Crippen molar-refractivity contribution in [1.29, 1.82) is 0 Å². The van der Waals surface area contributed by atoms with Gasteiger partial charge in [0.1, 0.15) is 6.54 Å². The molecule has 2 rings (SSSR count). The van der Waals surface area contributed by atoms with Crippen molar-refractivity contribution in [2.75, 3.05) is 18.8 Å². The monoisotopic (exact) mass is 250 g/mol. The van der Waals surface area contributed by atoms with Crippen LogP contribution in [0.4, 0.5) is 5.69 Å². The fourth-order valence-corrected chi connectivity index (χ4v) is 2.49. The van der Waals surface area contributed by atoms with Gasteiger partial charge in [-0.2, -0.15) is 5.10 Å². The zero-order chi connectivity index (χ0) is 13.3. The normalized spacial score (nSPS) is 19.5. The Bertz CT molecular complexity index is 452. The molecular formula is C13H22N4O. The Morgan fingerprint density at radius 2 is 2.22 bits per heavy atom. The number of carbonyl (C=O) groups is 1. The van der Waals surface area contributed by atoms with E-state index in [4.69, 9.17) is 5.73 Å². The van der Waals surface area contributed by atoms with Crippen molar-refractivity contribution in [2.45, 2.75) is 40.2 Å². The van der Waals surface area contributed by atoms with Crippen LogP contribution in [-0.4, -0.2) is 33.7 Å². The molecule has 0 bridgehead atoms. The zero-order valence-electron chi connectivity index (χ0n) is 11.4. The summed E-state index contributed by atoms with van der Waals surface area (Å²) in [5.41, 5.74) is 8.24.